The van der Waals surface area contributed by atoms with Gasteiger partial charge in [-0.05, 0) is 18.2 Å². The third-order valence-corrected chi connectivity index (χ3v) is 2.77. The maximum atomic E-state index is 5.54. The van der Waals surface area contributed by atoms with Gasteiger partial charge in [0.1, 0.15) is 12.1 Å². The van der Waals surface area contributed by atoms with Crippen molar-refractivity contribution < 1.29 is 4.74 Å². The van der Waals surface area contributed by atoms with Crippen molar-refractivity contribution in [1.82, 2.24) is 9.97 Å². The molecule has 1 aromatic carbocycles. The summed E-state index contributed by atoms with van der Waals surface area (Å²) in [5, 5.41) is 3.16. The monoisotopic (exact) mass is 255 g/mol. The normalized spacial score (nSPS) is 12.8. The van der Waals surface area contributed by atoms with Crippen molar-refractivity contribution >= 4 is 23.1 Å². The molecule has 1 aliphatic heterocycles. The summed E-state index contributed by atoms with van der Waals surface area (Å²) in [7, 11) is 1.97. The number of anilines is 4. The van der Waals surface area contributed by atoms with E-state index < -0.39 is 0 Å². The highest BCUT2D eigenvalue weighted by molar-refractivity contribution is 5.69. The molecule has 96 valence electrons. The Morgan fingerprint density at radius 1 is 1.32 bits per heavy atom. The first-order valence-electron chi connectivity index (χ1n) is 5.78. The smallest absolute Gasteiger partial charge is 0.221 e. The number of nitrogens with two attached hydrogens (primary N) is 1. The molecule has 19 heavy (non-hydrogen) atoms. The second-order valence-corrected chi connectivity index (χ2v) is 4.12. The Bertz CT molecular complexity index is 641. The van der Waals surface area contributed by atoms with Crippen LogP contribution in [-0.2, 0) is 0 Å². The van der Waals surface area contributed by atoms with Gasteiger partial charge in [0.2, 0.25) is 5.95 Å². The first-order chi connectivity index (χ1) is 9.22. The minimum Gasteiger partial charge on any atom is -0.461 e. The van der Waals surface area contributed by atoms with Crippen molar-refractivity contribution in [2.24, 2.45) is 0 Å². The molecule has 1 aromatic heterocycles. The lowest BCUT2D eigenvalue weighted by Crippen LogP contribution is -2.13. The standard InChI is InChI=1S/C13H13N5O/c1-18-6-7-19-11-8-9(2-3-10(11)18)16-12-4-5-15-13(14)17-12/h2-8H,1H3,(H3,14,15,16,17). The molecule has 2 aromatic rings. The molecule has 0 saturated heterocycles. The Balaban J connectivity index is 1.87. The van der Waals surface area contributed by atoms with Crippen LogP contribution in [0.1, 0.15) is 0 Å². The summed E-state index contributed by atoms with van der Waals surface area (Å²) in [6, 6.07) is 7.60. The van der Waals surface area contributed by atoms with Crippen molar-refractivity contribution in [2.75, 3.05) is 23.0 Å². The number of aromatic nitrogens is 2. The lowest BCUT2D eigenvalue weighted by atomic mass is 10.2. The predicted molar refractivity (Wildman–Crippen MR) is 74.3 cm³/mol. The van der Waals surface area contributed by atoms with Gasteiger partial charge in [0.15, 0.2) is 5.75 Å². The summed E-state index contributed by atoms with van der Waals surface area (Å²) >= 11 is 0. The maximum absolute atomic E-state index is 5.54. The Labute approximate surface area is 110 Å². The average Bonchev–Trinajstić information content (AvgIpc) is 2.39. The molecule has 0 fully saturated rings. The largest absolute Gasteiger partial charge is 0.461 e. The van der Waals surface area contributed by atoms with Crippen molar-refractivity contribution in [3.8, 4) is 5.75 Å². The molecule has 0 aliphatic carbocycles. The molecule has 0 unspecified atom stereocenters. The van der Waals surface area contributed by atoms with Gasteiger partial charge in [0, 0.05) is 31.2 Å². The molecule has 0 bridgehead atoms. The van der Waals surface area contributed by atoms with E-state index in [-0.39, 0.29) is 5.95 Å². The second-order valence-electron chi connectivity index (χ2n) is 4.12. The van der Waals surface area contributed by atoms with Crippen LogP contribution in [0.25, 0.3) is 0 Å². The van der Waals surface area contributed by atoms with Gasteiger partial charge in [0.25, 0.3) is 0 Å². The van der Waals surface area contributed by atoms with Crippen LogP contribution in [0.15, 0.2) is 42.9 Å². The predicted octanol–water partition coefficient (Wildman–Crippen LogP) is 2.10. The number of nitrogen functional groups attached to an aromatic ring is 1. The van der Waals surface area contributed by atoms with Crippen LogP contribution in [0.4, 0.5) is 23.1 Å². The Morgan fingerprint density at radius 2 is 2.21 bits per heavy atom. The molecule has 2 heterocycles. The molecule has 0 atom stereocenters. The van der Waals surface area contributed by atoms with Gasteiger partial charge in [-0.1, -0.05) is 0 Å². The highest BCUT2D eigenvalue weighted by Gasteiger charge is 2.11. The van der Waals surface area contributed by atoms with Crippen molar-refractivity contribution in [2.45, 2.75) is 0 Å². The van der Waals surface area contributed by atoms with Gasteiger partial charge in [-0.15, -0.1) is 0 Å². The maximum Gasteiger partial charge on any atom is 0.221 e. The Morgan fingerprint density at radius 3 is 3.05 bits per heavy atom. The number of nitrogens with zero attached hydrogens (tertiary/aromatic N) is 3. The van der Waals surface area contributed by atoms with Crippen LogP contribution in [0, 0.1) is 0 Å². The first kappa shape index (κ1) is 11.3. The number of ether oxygens (including phenoxy) is 1. The van der Waals surface area contributed by atoms with Crippen LogP contribution in [-0.4, -0.2) is 17.0 Å². The molecule has 0 radical (unpaired) electrons. The second kappa shape index (κ2) is 4.49. The lowest BCUT2D eigenvalue weighted by molar-refractivity contribution is 0.472. The first-order valence-corrected chi connectivity index (χ1v) is 5.78. The molecule has 3 rings (SSSR count). The van der Waals surface area contributed by atoms with Crippen molar-refractivity contribution in [1.29, 1.82) is 0 Å². The van der Waals surface area contributed by atoms with Gasteiger partial charge >= 0.3 is 0 Å². The molecule has 3 N–H and O–H groups in total. The van der Waals surface area contributed by atoms with E-state index in [1.807, 2.05) is 36.3 Å². The van der Waals surface area contributed by atoms with Crippen LogP contribution in [0.5, 0.6) is 5.75 Å². The molecule has 0 saturated carbocycles. The fraction of sp³-hybridized carbons (Fsp3) is 0.0769. The zero-order chi connectivity index (χ0) is 13.2. The highest BCUT2D eigenvalue weighted by atomic mass is 16.5. The van der Waals surface area contributed by atoms with E-state index in [1.165, 1.54) is 0 Å². The summed E-state index contributed by atoms with van der Waals surface area (Å²) in [6.07, 6.45) is 5.12. The number of fused-ring (bicyclic) bond motifs is 1. The molecular weight excluding hydrogens is 242 g/mol. The van der Waals surface area contributed by atoms with Crippen LogP contribution < -0.4 is 20.7 Å². The van der Waals surface area contributed by atoms with Gasteiger partial charge in [-0.25, -0.2) is 4.98 Å². The SMILES string of the molecule is CN1C=COc2cc(Nc3ccnc(N)n3)ccc21. The minimum atomic E-state index is 0.238. The number of hydrogen-bond acceptors (Lipinski definition) is 6. The van der Waals surface area contributed by atoms with Gasteiger partial charge in [0.05, 0.1) is 5.69 Å². The number of hydrogen-bond donors (Lipinski definition) is 2. The summed E-state index contributed by atoms with van der Waals surface area (Å²) in [5.41, 5.74) is 7.42. The van der Waals surface area contributed by atoms with E-state index in [2.05, 4.69) is 15.3 Å². The molecule has 0 amide bonds. The summed E-state index contributed by atoms with van der Waals surface area (Å²) in [5.74, 6) is 1.67. The van der Waals surface area contributed by atoms with Crippen molar-refractivity contribution in [3.05, 3.63) is 42.9 Å². The average molecular weight is 255 g/mol. The lowest BCUT2D eigenvalue weighted by Gasteiger charge is -2.22. The van der Waals surface area contributed by atoms with Crippen LogP contribution in [0.3, 0.4) is 0 Å². The summed E-state index contributed by atoms with van der Waals surface area (Å²) in [4.78, 5) is 9.92. The topological polar surface area (TPSA) is 76.3 Å². The Hall–Kier alpha value is -2.76. The fourth-order valence-electron chi connectivity index (χ4n) is 1.84. The summed E-state index contributed by atoms with van der Waals surface area (Å²) < 4.78 is 5.48. The van der Waals surface area contributed by atoms with E-state index in [9.17, 15) is 0 Å². The number of nitrogens with one attached hydrogen (secondary N) is 1. The number of benzene rings is 1. The van der Waals surface area contributed by atoms with Crippen molar-refractivity contribution in [3.63, 3.8) is 0 Å². The zero-order valence-corrected chi connectivity index (χ0v) is 10.4. The molecular formula is C13H13N5O. The number of rotatable bonds is 2. The van der Waals surface area contributed by atoms with E-state index in [1.54, 1.807) is 18.5 Å². The van der Waals surface area contributed by atoms with E-state index in [0.717, 1.165) is 17.1 Å². The Kier molecular flexibility index (Phi) is 2.68. The highest BCUT2D eigenvalue weighted by Crippen LogP contribution is 2.34. The quantitative estimate of drug-likeness (QED) is 0.855. The third-order valence-electron chi connectivity index (χ3n) is 2.77. The van der Waals surface area contributed by atoms with E-state index in [4.69, 9.17) is 10.5 Å². The zero-order valence-electron chi connectivity index (χ0n) is 10.4. The summed E-state index contributed by atoms with van der Waals surface area (Å²) in [6.45, 7) is 0. The van der Waals surface area contributed by atoms with E-state index in [0.29, 0.717) is 5.82 Å². The van der Waals surface area contributed by atoms with E-state index >= 15 is 0 Å². The molecule has 6 nitrogen and oxygen atoms in total. The molecule has 0 spiro atoms. The fourth-order valence-corrected chi connectivity index (χ4v) is 1.84. The van der Waals surface area contributed by atoms with Gasteiger partial charge < -0.3 is 20.7 Å². The molecule has 6 heteroatoms. The van der Waals surface area contributed by atoms with Crippen LogP contribution in [0.2, 0.25) is 0 Å². The van der Waals surface area contributed by atoms with Gasteiger partial charge in [-0.2, -0.15) is 4.98 Å². The minimum absolute atomic E-state index is 0.238. The third kappa shape index (κ3) is 2.28. The molecule has 1 aliphatic rings. The van der Waals surface area contributed by atoms with Gasteiger partial charge in [-0.3, -0.25) is 0 Å². The van der Waals surface area contributed by atoms with Crippen LogP contribution >= 0.6 is 0 Å².